The van der Waals surface area contributed by atoms with E-state index in [1.54, 1.807) is 12.1 Å². The summed E-state index contributed by atoms with van der Waals surface area (Å²) in [5.41, 5.74) is 5.11. The van der Waals surface area contributed by atoms with Crippen LogP contribution in [0, 0.1) is 0 Å². The quantitative estimate of drug-likeness (QED) is 0.356. The summed E-state index contributed by atoms with van der Waals surface area (Å²) in [7, 11) is 0. The average molecular weight is 458 g/mol. The minimum atomic E-state index is -4.40. The lowest BCUT2D eigenvalue weighted by atomic mass is 9.89. The number of fused-ring (bicyclic) bond motifs is 2. The van der Waals surface area contributed by atoms with Crippen LogP contribution in [0.15, 0.2) is 66.9 Å². The van der Waals surface area contributed by atoms with Gasteiger partial charge in [-0.3, -0.25) is 0 Å². The highest BCUT2D eigenvalue weighted by atomic mass is 35.5. The van der Waals surface area contributed by atoms with Gasteiger partial charge in [0.2, 0.25) is 5.69 Å². The summed E-state index contributed by atoms with van der Waals surface area (Å²) in [6, 6.07) is 16.2. The fourth-order valence-electron chi connectivity index (χ4n) is 3.89. The Hall–Kier alpha value is -3.02. The number of nitrogens with one attached hydrogen (secondary N) is 2. The van der Waals surface area contributed by atoms with Gasteiger partial charge in [-0.15, -0.1) is 0 Å². The van der Waals surface area contributed by atoms with Crippen molar-refractivity contribution in [3.8, 4) is 0 Å². The number of allylic oxidation sites excluding steroid dienone is 1. The Morgan fingerprint density at radius 3 is 2.32 bits per heavy atom. The molecule has 0 radical (unpaired) electrons. The molecule has 0 fully saturated rings. The monoisotopic (exact) mass is 457 g/mol. The van der Waals surface area contributed by atoms with E-state index in [1.807, 2.05) is 36.7 Å². The second-order valence-electron chi connectivity index (χ2n) is 7.23. The van der Waals surface area contributed by atoms with Gasteiger partial charge in [-0.25, -0.2) is 4.99 Å². The molecule has 7 heteroatoms. The van der Waals surface area contributed by atoms with Crippen LogP contribution in [0.5, 0.6) is 0 Å². The van der Waals surface area contributed by atoms with E-state index < -0.39 is 11.7 Å². The van der Waals surface area contributed by atoms with Crippen LogP contribution in [0.1, 0.15) is 22.3 Å². The van der Waals surface area contributed by atoms with E-state index in [-0.39, 0.29) is 0 Å². The van der Waals surface area contributed by atoms with Crippen LogP contribution in [0.25, 0.3) is 22.0 Å². The number of halogens is 5. The molecule has 154 valence electrons. The Morgan fingerprint density at radius 2 is 1.58 bits per heavy atom. The summed E-state index contributed by atoms with van der Waals surface area (Å²) >= 11 is 12.3. The van der Waals surface area contributed by atoms with Crippen LogP contribution in [-0.4, -0.2) is 11.2 Å². The van der Waals surface area contributed by atoms with Crippen molar-refractivity contribution in [1.29, 1.82) is 0 Å². The van der Waals surface area contributed by atoms with Gasteiger partial charge in [0.05, 0.1) is 16.7 Å². The van der Waals surface area contributed by atoms with Crippen LogP contribution in [0.2, 0.25) is 10.0 Å². The Bertz CT molecular complexity index is 1380. The molecule has 0 aliphatic carbocycles. The lowest BCUT2D eigenvalue weighted by molar-refractivity contribution is -0.342. The second kappa shape index (κ2) is 7.29. The molecule has 5 rings (SSSR count). The molecule has 2 N–H and O–H groups in total. The summed E-state index contributed by atoms with van der Waals surface area (Å²) in [6.45, 7) is 0. The predicted molar refractivity (Wildman–Crippen MR) is 119 cm³/mol. The molecule has 1 aliphatic heterocycles. The lowest BCUT2D eigenvalue weighted by Crippen LogP contribution is -2.58. The van der Waals surface area contributed by atoms with Crippen molar-refractivity contribution in [2.24, 2.45) is 0 Å². The number of hydrogen-bond acceptors (Lipinski definition) is 0. The molecule has 31 heavy (non-hydrogen) atoms. The molecule has 0 atom stereocenters. The van der Waals surface area contributed by atoms with Crippen LogP contribution in [0.4, 0.5) is 18.9 Å². The van der Waals surface area contributed by atoms with Gasteiger partial charge >= 0.3 is 6.18 Å². The molecule has 2 heterocycles. The summed E-state index contributed by atoms with van der Waals surface area (Å²) < 4.78 is 39.4. The maximum atomic E-state index is 13.1. The van der Waals surface area contributed by atoms with Crippen molar-refractivity contribution in [3.63, 3.8) is 0 Å². The number of hydrogen-bond donors (Lipinski definition) is 2. The minimum Gasteiger partial charge on any atom is -0.360 e. The topological polar surface area (TPSA) is 29.8 Å². The van der Waals surface area contributed by atoms with Gasteiger partial charge in [0.25, 0.3) is 0 Å². The Balaban J connectivity index is 1.78. The summed E-state index contributed by atoms with van der Waals surface area (Å²) in [5, 5.41) is 2.11. The van der Waals surface area contributed by atoms with Crippen LogP contribution in [-0.2, 0) is 6.18 Å². The van der Waals surface area contributed by atoms with Gasteiger partial charge in [-0.05, 0) is 42.0 Å². The van der Waals surface area contributed by atoms with Crippen LogP contribution < -0.4 is 4.99 Å². The third-order valence-corrected chi connectivity index (χ3v) is 5.80. The first-order valence-corrected chi connectivity index (χ1v) is 10.2. The van der Waals surface area contributed by atoms with E-state index in [0.29, 0.717) is 15.6 Å². The third-order valence-electron chi connectivity index (χ3n) is 5.33. The van der Waals surface area contributed by atoms with Crippen molar-refractivity contribution in [2.75, 3.05) is 0 Å². The fraction of sp³-hybridized carbons (Fsp3) is 0.0417. The number of aromatic nitrogens is 1. The van der Waals surface area contributed by atoms with E-state index >= 15 is 0 Å². The molecular formula is C24H14Cl2F3N2+. The molecule has 0 saturated carbocycles. The summed E-state index contributed by atoms with van der Waals surface area (Å²) in [4.78, 5) is 6.43. The Kier molecular flexibility index (Phi) is 4.68. The van der Waals surface area contributed by atoms with E-state index in [9.17, 15) is 13.2 Å². The van der Waals surface area contributed by atoms with Gasteiger partial charge in [0.15, 0.2) is 6.21 Å². The third kappa shape index (κ3) is 3.54. The van der Waals surface area contributed by atoms with Gasteiger partial charge in [-0.1, -0.05) is 41.4 Å². The van der Waals surface area contributed by atoms with Gasteiger partial charge in [0.1, 0.15) is 0 Å². The van der Waals surface area contributed by atoms with E-state index in [1.165, 1.54) is 12.1 Å². The number of H-pyrrole nitrogens is 1. The van der Waals surface area contributed by atoms with Crippen LogP contribution in [0.3, 0.4) is 0 Å². The largest absolute Gasteiger partial charge is 0.416 e. The van der Waals surface area contributed by atoms with Crippen molar-refractivity contribution in [1.82, 2.24) is 4.98 Å². The molecule has 1 aromatic heterocycles. The standard InChI is InChI=1S/C24H13Cl2F3N2/c25-15-5-7-17-19(11-30-21(17)9-15)23(13-1-3-14(4-2-13)24(27,28)29)20-12-31-22-10-16(26)6-8-18(20)22/h1-12,30H/p+1/b23-20+. The Morgan fingerprint density at radius 1 is 0.871 bits per heavy atom. The molecule has 0 bridgehead atoms. The molecule has 1 aliphatic rings. The van der Waals surface area contributed by atoms with Crippen molar-refractivity contribution in [3.05, 3.63) is 99.2 Å². The maximum Gasteiger partial charge on any atom is 0.416 e. The van der Waals surface area contributed by atoms with Crippen molar-refractivity contribution >= 4 is 57.2 Å². The zero-order valence-corrected chi connectivity index (χ0v) is 17.3. The molecule has 0 spiro atoms. The van der Waals surface area contributed by atoms with Gasteiger partial charge in [-0.2, -0.15) is 13.2 Å². The fourth-order valence-corrected chi connectivity index (χ4v) is 4.24. The molecule has 2 nitrogen and oxygen atoms in total. The molecule has 3 aromatic carbocycles. The summed E-state index contributed by atoms with van der Waals surface area (Å²) in [6.07, 6.45) is -0.695. The number of rotatable bonds is 2. The van der Waals surface area contributed by atoms with Gasteiger partial charge < -0.3 is 4.98 Å². The second-order valence-corrected chi connectivity index (χ2v) is 8.11. The SMILES string of the molecule is FC(F)(F)c1ccc(/C(=C2/C=[NH+]c3cc(Cl)ccc32)c2c[nH]c3cc(Cl)ccc23)cc1. The number of aromatic amines is 1. The first-order chi connectivity index (χ1) is 14.8. The van der Waals surface area contributed by atoms with Crippen LogP contribution >= 0.6 is 23.2 Å². The van der Waals surface area contributed by atoms with Crippen molar-refractivity contribution < 1.29 is 18.2 Å². The highest BCUT2D eigenvalue weighted by molar-refractivity contribution is 6.32. The van der Waals surface area contributed by atoms with E-state index in [0.717, 1.165) is 51.0 Å². The maximum absolute atomic E-state index is 13.1. The lowest BCUT2D eigenvalue weighted by Gasteiger charge is -2.12. The predicted octanol–water partition coefficient (Wildman–Crippen LogP) is 6.25. The highest BCUT2D eigenvalue weighted by Crippen LogP contribution is 2.39. The molecular weight excluding hydrogens is 444 g/mol. The molecule has 0 amide bonds. The number of alkyl halides is 3. The highest BCUT2D eigenvalue weighted by Gasteiger charge is 2.31. The normalized spacial score (nSPS) is 14.9. The average Bonchev–Trinajstić information content (AvgIpc) is 3.32. The van der Waals surface area contributed by atoms with Gasteiger partial charge in [0, 0.05) is 44.3 Å². The Labute approximate surface area is 185 Å². The zero-order valence-electron chi connectivity index (χ0n) is 15.8. The first kappa shape index (κ1) is 19.9. The molecule has 0 unspecified atom stereocenters. The first-order valence-electron chi connectivity index (χ1n) is 9.40. The van der Waals surface area contributed by atoms with E-state index in [2.05, 4.69) is 9.98 Å². The summed E-state index contributed by atoms with van der Waals surface area (Å²) in [5.74, 6) is 0. The smallest absolute Gasteiger partial charge is 0.360 e. The minimum absolute atomic E-state index is 0.596. The zero-order chi connectivity index (χ0) is 21.8. The molecule has 0 saturated heterocycles. The molecule has 4 aromatic rings. The number of benzene rings is 3. The van der Waals surface area contributed by atoms with Crippen molar-refractivity contribution in [2.45, 2.75) is 6.18 Å². The van der Waals surface area contributed by atoms with E-state index in [4.69, 9.17) is 23.2 Å².